The van der Waals surface area contributed by atoms with E-state index in [9.17, 15) is 4.39 Å². The summed E-state index contributed by atoms with van der Waals surface area (Å²) in [6.07, 6.45) is -1.11. The molecule has 0 aromatic heterocycles. The third-order valence-corrected chi connectivity index (χ3v) is 2.71. The number of alkyl halides is 1. The molecule has 0 saturated carbocycles. The van der Waals surface area contributed by atoms with E-state index in [1.54, 1.807) is 14.8 Å². The molecule has 0 aromatic carbocycles. The summed E-state index contributed by atoms with van der Waals surface area (Å²) >= 11 is 0. The minimum atomic E-state index is -1.11. The molecule has 1 heterocycles. The van der Waals surface area contributed by atoms with Crippen LogP contribution in [-0.4, -0.2) is 49.0 Å². The molecule has 1 saturated heterocycles. The number of rotatable bonds is 2. The van der Waals surface area contributed by atoms with Crippen LogP contribution in [0.3, 0.4) is 0 Å². The SMILES string of the molecule is B[C@@H]1OC(CO)(CO)C(C)[C@@H]1F. The fourth-order valence-electron chi connectivity index (χ4n) is 1.65. The second-order valence-corrected chi connectivity index (χ2v) is 3.44. The lowest BCUT2D eigenvalue weighted by Crippen LogP contribution is -2.43. The molecular formula is C7H14BFO3. The van der Waals surface area contributed by atoms with E-state index < -0.39 is 23.7 Å². The number of hydrogen-bond donors (Lipinski definition) is 2. The molecule has 70 valence electrons. The van der Waals surface area contributed by atoms with E-state index in [4.69, 9.17) is 14.9 Å². The molecule has 5 heteroatoms. The molecule has 1 unspecified atom stereocenters. The summed E-state index contributed by atoms with van der Waals surface area (Å²) in [5, 5.41) is 17.9. The summed E-state index contributed by atoms with van der Waals surface area (Å²) in [7, 11) is 1.61. The Kier molecular flexibility index (Phi) is 2.75. The van der Waals surface area contributed by atoms with Gasteiger partial charge in [-0.2, -0.15) is 0 Å². The molecule has 0 aliphatic carbocycles. The third-order valence-electron chi connectivity index (χ3n) is 2.71. The van der Waals surface area contributed by atoms with Gasteiger partial charge < -0.3 is 14.9 Å². The van der Waals surface area contributed by atoms with Gasteiger partial charge in [0.2, 0.25) is 0 Å². The first-order valence-electron chi connectivity index (χ1n) is 4.11. The Labute approximate surface area is 71.9 Å². The second kappa shape index (κ2) is 3.32. The highest BCUT2D eigenvalue weighted by Crippen LogP contribution is 2.36. The smallest absolute Gasteiger partial charge is 0.143 e. The van der Waals surface area contributed by atoms with E-state index in [0.717, 1.165) is 0 Å². The van der Waals surface area contributed by atoms with Crippen LogP contribution in [0.4, 0.5) is 4.39 Å². The van der Waals surface area contributed by atoms with Crippen molar-refractivity contribution in [1.29, 1.82) is 0 Å². The van der Waals surface area contributed by atoms with Crippen LogP contribution in [0.5, 0.6) is 0 Å². The molecule has 1 fully saturated rings. The van der Waals surface area contributed by atoms with Gasteiger partial charge in [-0.25, -0.2) is 4.39 Å². The van der Waals surface area contributed by atoms with E-state index in [0.29, 0.717) is 0 Å². The van der Waals surface area contributed by atoms with E-state index in [1.807, 2.05) is 0 Å². The zero-order valence-electron chi connectivity index (χ0n) is 7.33. The summed E-state index contributed by atoms with van der Waals surface area (Å²) in [5.41, 5.74) is -1.08. The van der Waals surface area contributed by atoms with E-state index in [2.05, 4.69) is 0 Å². The molecule has 0 bridgehead atoms. The largest absolute Gasteiger partial charge is 0.393 e. The maximum atomic E-state index is 13.2. The second-order valence-electron chi connectivity index (χ2n) is 3.44. The van der Waals surface area contributed by atoms with Crippen molar-refractivity contribution < 1.29 is 19.3 Å². The standard InChI is InChI=1S/C7H14BFO3/c1-4-5(9)6(8)12-7(4,2-10)3-11/h4-6,10-11H,2-3,8H2,1H3/t4?,5-,6+/m0/s1. The molecule has 1 rings (SSSR count). The van der Waals surface area contributed by atoms with Gasteiger partial charge in [0.15, 0.2) is 0 Å². The molecular weight excluding hydrogens is 162 g/mol. The van der Waals surface area contributed by atoms with E-state index in [-0.39, 0.29) is 13.2 Å². The normalized spacial score (nSPS) is 40.2. The lowest BCUT2D eigenvalue weighted by atomic mass is 9.84. The van der Waals surface area contributed by atoms with Gasteiger partial charge in [0.1, 0.15) is 19.6 Å². The highest BCUT2D eigenvalue weighted by Gasteiger charge is 2.50. The molecule has 2 N–H and O–H groups in total. The lowest BCUT2D eigenvalue weighted by molar-refractivity contribution is -0.0991. The average molecular weight is 176 g/mol. The quantitative estimate of drug-likeness (QED) is 0.512. The number of halogens is 1. The van der Waals surface area contributed by atoms with Gasteiger partial charge in [-0.15, -0.1) is 0 Å². The van der Waals surface area contributed by atoms with Crippen LogP contribution < -0.4 is 0 Å². The highest BCUT2D eigenvalue weighted by atomic mass is 19.1. The number of ether oxygens (including phenoxy) is 1. The van der Waals surface area contributed by atoms with E-state index in [1.165, 1.54) is 0 Å². The van der Waals surface area contributed by atoms with Gasteiger partial charge in [0.25, 0.3) is 0 Å². The number of aliphatic hydroxyl groups excluding tert-OH is 2. The molecule has 1 aliphatic rings. The average Bonchev–Trinajstić information content (AvgIpc) is 2.30. The summed E-state index contributed by atoms with van der Waals surface area (Å²) < 4.78 is 18.4. The van der Waals surface area contributed by atoms with Gasteiger partial charge in [0, 0.05) is 5.92 Å². The van der Waals surface area contributed by atoms with Crippen LogP contribution >= 0.6 is 0 Å². The van der Waals surface area contributed by atoms with Crippen molar-refractivity contribution in [3.63, 3.8) is 0 Å². The number of hydrogen-bond acceptors (Lipinski definition) is 3. The summed E-state index contributed by atoms with van der Waals surface area (Å²) in [5.74, 6) is -0.456. The van der Waals surface area contributed by atoms with Gasteiger partial charge in [-0.05, 0) is 0 Å². The lowest BCUT2D eigenvalue weighted by Gasteiger charge is -2.28. The molecule has 1 aliphatic heterocycles. The Morgan fingerprint density at radius 1 is 1.50 bits per heavy atom. The Hall–Kier alpha value is -0.125. The zero-order chi connectivity index (χ0) is 9.35. The first-order valence-corrected chi connectivity index (χ1v) is 4.11. The zero-order valence-corrected chi connectivity index (χ0v) is 7.33. The van der Waals surface area contributed by atoms with Gasteiger partial charge in [-0.1, -0.05) is 6.92 Å². The Morgan fingerprint density at radius 3 is 2.17 bits per heavy atom. The van der Waals surface area contributed by atoms with Crippen molar-refractivity contribution in [3.8, 4) is 0 Å². The predicted octanol–water partition coefficient (Wildman–Crippen LogP) is -1.33. The van der Waals surface area contributed by atoms with Crippen molar-refractivity contribution in [2.45, 2.75) is 24.7 Å². The number of aliphatic hydroxyl groups is 2. The first kappa shape index (κ1) is 9.96. The molecule has 3 nitrogen and oxygen atoms in total. The molecule has 0 radical (unpaired) electrons. The Balaban J connectivity index is 2.79. The van der Waals surface area contributed by atoms with Crippen molar-refractivity contribution in [2.75, 3.05) is 13.2 Å². The topological polar surface area (TPSA) is 49.7 Å². The monoisotopic (exact) mass is 176 g/mol. The van der Waals surface area contributed by atoms with Crippen LogP contribution in [0.25, 0.3) is 0 Å². The molecule has 0 spiro atoms. The summed E-state index contributed by atoms with van der Waals surface area (Å²) in [6.45, 7) is 0.964. The first-order chi connectivity index (χ1) is 5.57. The van der Waals surface area contributed by atoms with Crippen LogP contribution in [-0.2, 0) is 4.74 Å². The van der Waals surface area contributed by atoms with Crippen molar-refractivity contribution in [2.24, 2.45) is 5.92 Å². The molecule has 12 heavy (non-hydrogen) atoms. The maximum absolute atomic E-state index is 13.2. The van der Waals surface area contributed by atoms with Crippen molar-refractivity contribution in [1.82, 2.24) is 0 Å². The fourth-order valence-corrected chi connectivity index (χ4v) is 1.65. The van der Waals surface area contributed by atoms with Gasteiger partial charge in [-0.3, -0.25) is 0 Å². The van der Waals surface area contributed by atoms with Gasteiger partial charge >= 0.3 is 0 Å². The maximum Gasteiger partial charge on any atom is 0.143 e. The molecule has 0 amide bonds. The van der Waals surface area contributed by atoms with Crippen LogP contribution in [0.2, 0.25) is 0 Å². The van der Waals surface area contributed by atoms with Crippen LogP contribution in [0.1, 0.15) is 6.92 Å². The predicted molar refractivity (Wildman–Crippen MR) is 44.4 cm³/mol. The molecule has 0 aromatic rings. The van der Waals surface area contributed by atoms with Crippen LogP contribution in [0.15, 0.2) is 0 Å². The third kappa shape index (κ3) is 1.26. The Bertz CT molecular complexity index is 163. The fraction of sp³-hybridized carbons (Fsp3) is 1.00. The summed E-state index contributed by atoms with van der Waals surface area (Å²) in [4.78, 5) is 0. The van der Waals surface area contributed by atoms with Crippen molar-refractivity contribution in [3.05, 3.63) is 0 Å². The minimum absolute atomic E-state index is 0.338. The van der Waals surface area contributed by atoms with Crippen LogP contribution in [0, 0.1) is 5.92 Å². The van der Waals surface area contributed by atoms with Gasteiger partial charge in [0.05, 0.1) is 19.2 Å². The highest BCUT2D eigenvalue weighted by molar-refractivity contribution is 6.11. The molecule has 3 atom stereocenters. The summed E-state index contributed by atoms with van der Waals surface area (Å²) in [6, 6.07) is -0.542. The van der Waals surface area contributed by atoms with Crippen molar-refractivity contribution >= 4 is 7.85 Å². The van der Waals surface area contributed by atoms with E-state index >= 15 is 0 Å². The Morgan fingerprint density at radius 2 is 2.00 bits per heavy atom. The minimum Gasteiger partial charge on any atom is -0.393 e.